The molecule has 0 radical (unpaired) electrons. The average Bonchev–Trinajstić information content (AvgIpc) is 3.20. The third-order valence-corrected chi connectivity index (χ3v) is 8.82. The number of hydrogen-bond donors (Lipinski definition) is 0. The van der Waals surface area contributed by atoms with Crippen molar-refractivity contribution in [1.82, 2.24) is 0 Å². The van der Waals surface area contributed by atoms with Crippen LogP contribution in [0.4, 0.5) is 0 Å². The van der Waals surface area contributed by atoms with Gasteiger partial charge in [0, 0.05) is 29.6 Å². The van der Waals surface area contributed by atoms with E-state index in [0.29, 0.717) is 37.3 Å². The van der Waals surface area contributed by atoms with Crippen molar-refractivity contribution in [2.75, 3.05) is 13.2 Å². The average molecular weight is 358 g/mol. The van der Waals surface area contributed by atoms with Crippen LogP contribution < -0.4 is 0 Å². The second kappa shape index (κ2) is 4.68. The van der Waals surface area contributed by atoms with Gasteiger partial charge >= 0.3 is 0 Å². The Morgan fingerprint density at radius 2 is 1.88 bits per heavy atom. The van der Waals surface area contributed by atoms with Gasteiger partial charge in [-0.3, -0.25) is 9.59 Å². The highest BCUT2D eigenvalue weighted by atomic mass is 16.7. The van der Waals surface area contributed by atoms with E-state index in [1.165, 1.54) is 0 Å². The van der Waals surface area contributed by atoms with Crippen molar-refractivity contribution < 1.29 is 23.8 Å². The molecule has 5 fully saturated rings. The minimum Gasteiger partial charge on any atom is -0.360 e. The van der Waals surface area contributed by atoms with Crippen molar-refractivity contribution >= 4 is 11.6 Å². The van der Waals surface area contributed by atoms with E-state index < -0.39 is 5.79 Å². The summed E-state index contributed by atoms with van der Waals surface area (Å²) in [5.74, 6) is 0.619. The first-order valence-corrected chi connectivity index (χ1v) is 10.1. The van der Waals surface area contributed by atoms with Crippen molar-refractivity contribution in [3.63, 3.8) is 0 Å². The molecule has 3 saturated carbocycles. The van der Waals surface area contributed by atoms with Crippen LogP contribution in [0.3, 0.4) is 0 Å². The zero-order valence-corrected chi connectivity index (χ0v) is 15.5. The number of ketones is 2. The molecule has 0 amide bonds. The first-order valence-electron chi connectivity index (χ1n) is 10.1. The van der Waals surface area contributed by atoms with E-state index >= 15 is 0 Å². The summed E-state index contributed by atoms with van der Waals surface area (Å²) in [7, 11) is 0. The standard InChI is InChI=1S/C21H26O5/c1-19-10-15(23)16-12(13(19)5-6-21(19)24-7-8-25-21)4-3-11-9-14(22)17-18(26-17)20(11,16)2/h9,12-13,16-18H,3-8,10H2,1-2H3/t12-,13-,16+,17?,18-,19-,20-/m0/s1. The van der Waals surface area contributed by atoms with Gasteiger partial charge in [0.15, 0.2) is 11.6 Å². The van der Waals surface area contributed by atoms with Crippen LogP contribution in [0.15, 0.2) is 11.6 Å². The van der Waals surface area contributed by atoms with Crippen LogP contribution in [0.25, 0.3) is 0 Å². The molecule has 4 aliphatic carbocycles. The van der Waals surface area contributed by atoms with Gasteiger partial charge < -0.3 is 14.2 Å². The summed E-state index contributed by atoms with van der Waals surface area (Å²) in [6, 6.07) is 0. The molecule has 0 aromatic carbocycles. The molecule has 7 atom stereocenters. The molecular weight excluding hydrogens is 332 g/mol. The van der Waals surface area contributed by atoms with Gasteiger partial charge in [-0.15, -0.1) is 0 Å². The maximum absolute atomic E-state index is 13.5. The van der Waals surface area contributed by atoms with Crippen LogP contribution in [-0.4, -0.2) is 42.8 Å². The Morgan fingerprint density at radius 1 is 1.12 bits per heavy atom. The van der Waals surface area contributed by atoms with E-state index in [4.69, 9.17) is 14.2 Å². The Kier molecular flexibility index (Phi) is 2.87. The van der Waals surface area contributed by atoms with Gasteiger partial charge in [0.05, 0.1) is 13.2 Å². The largest absolute Gasteiger partial charge is 0.360 e. The van der Waals surface area contributed by atoms with Crippen LogP contribution in [0.1, 0.15) is 46.0 Å². The van der Waals surface area contributed by atoms with Crippen LogP contribution in [-0.2, 0) is 23.8 Å². The van der Waals surface area contributed by atoms with Gasteiger partial charge in [0.25, 0.3) is 0 Å². The molecule has 2 aliphatic heterocycles. The van der Waals surface area contributed by atoms with Gasteiger partial charge in [0.2, 0.25) is 0 Å². The molecule has 0 bridgehead atoms. The highest BCUT2D eigenvalue weighted by Crippen LogP contribution is 2.69. The van der Waals surface area contributed by atoms with E-state index in [2.05, 4.69) is 13.8 Å². The highest BCUT2D eigenvalue weighted by molar-refractivity contribution is 5.99. The van der Waals surface area contributed by atoms with Gasteiger partial charge in [-0.05, 0) is 37.2 Å². The van der Waals surface area contributed by atoms with Crippen molar-refractivity contribution in [3.05, 3.63) is 11.6 Å². The summed E-state index contributed by atoms with van der Waals surface area (Å²) in [6.45, 7) is 5.67. The number of epoxide rings is 1. The van der Waals surface area contributed by atoms with Gasteiger partial charge in [-0.2, -0.15) is 0 Å². The number of carbonyl (C=O) groups excluding carboxylic acids is 2. The molecule has 0 aromatic rings. The topological polar surface area (TPSA) is 65.1 Å². The third kappa shape index (κ3) is 1.61. The summed E-state index contributed by atoms with van der Waals surface area (Å²) in [5.41, 5.74) is 0.626. The summed E-state index contributed by atoms with van der Waals surface area (Å²) < 4.78 is 18.0. The second-order valence-electron chi connectivity index (χ2n) is 9.67. The Hall–Kier alpha value is -1.04. The van der Waals surface area contributed by atoms with E-state index in [9.17, 15) is 9.59 Å². The van der Waals surface area contributed by atoms with E-state index in [0.717, 1.165) is 31.3 Å². The molecule has 1 spiro atoms. The maximum atomic E-state index is 13.5. The molecule has 2 heterocycles. The number of rotatable bonds is 0. The van der Waals surface area contributed by atoms with Crippen LogP contribution >= 0.6 is 0 Å². The maximum Gasteiger partial charge on any atom is 0.187 e. The highest BCUT2D eigenvalue weighted by Gasteiger charge is 2.72. The molecule has 0 aromatic heterocycles. The predicted octanol–water partition coefficient (Wildman–Crippen LogP) is 2.43. The van der Waals surface area contributed by atoms with E-state index in [1.54, 1.807) is 6.08 Å². The first kappa shape index (κ1) is 16.0. The molecular formula is C21H26O5. The monoisotopic (exact) mass is 358 g/mol. The zero-order valence-electron chi connectivity index (χ0n) is 15.5. The number of carbonyl (C=O) groups is 2. The lowest BCUT2D eigenvalue weighted by Gasteiger charge is -2.57. The first-order chi connectivity index (χ1) is 12.4. The minimum atomic E-state index is -0.559. The molecule has 5 nitrogen and oxygen atoms in total. The van der Waals surface area contributed by atoms with Crippen LogP contribution in [0.5, 0.6) is 0 Å². The van der Waals surface area contributed by atoms with E-state index in [-0.39, 0.29) is 34.7 Å². The van der Waals surface area contributed by atoms with Gasteiger partial charge in [-0.1, -0.05) is 19.4 Å². The van der Waals surface area contributed by atoms with Crippen LogP contribution in [0.2, 0.25) is 0 Å². The molecule has 140 valence electrons. The number of ether oxygens (including phenoxy) is 3. The van der Waals surface area contributed by atoms with Crippen molar-refractivity contribution in [3.8, 4) is 0 Å². The fraction of sp³-hybridized carbons (Fsp3) is 0.810. The molecule has 2 saturated heterocycles. The molecule has 1 unspecified atom stereocenters. The minimum absolute atomic E-state index is 0.0276. The third-order valence-electron chi connectivity index (χ3n) is 8.82. The number of Topliss-reactive ketones (excluding diaryl/α,β-unsaturated/α-hetero) is 1. The van der Waals surface area contributed by atoms with Crippen molar-refractivity contribution in [1.29, 1.82) is 0 Å². The summed E-state index contributed by atoms with van der Waals surface area (Å²) >= 11 is 0. The van der Waals surface area contributed by atoms with Crippen molar-refractivity contribution in [2.24, 2.45) is 28.6 Å². The molecule has 5 heteroatoms. The Labute approximate surface area is 153 Å². The van der Waals surface area contributed by atoms with Crippen molar-refractivity contribution in [2.45, 2.75) is 63.9 Å². The number of hydrogen-bond acceptors (Lipinski definition) is 5. The Bertz CT molecular complexity index is 750. The number of fused-ring (bicyclic) bond motifs is 8. The van der Waals surface area contributed by atoms with Gasteiger partial charge in [-0.25, -0.2) is 0 Å². The lowest BCUT2D eigenvalue weighted by Crippen LogP contribution is -2.60. The molecule has 26 heavy (non-hydrogen) atoms. The normalized spacial score (nSPS) is 53.6. The summed E-state index contributed by atoms with van der Waals surface area (Å²) in [6.07, 6.45) is 5.77. The van der Waals surface area contributed by atoms with Gasteiger partial charge in [0.1, 0.15) is 18.0 Å². The lowest BCUT2D eigenvalue weighted by molar-refractivity contribution is -0.239. The van der Waals surface area contributed by atoms with Crippen LogP contribution in [0, 0.1) is 28.6 Å². The predicted molar refractivity (Wildman–Crippen MR) is 91.2 cm³/mol. The lowest BCUT2D eigenvalue weighted by atomic mass is 9.46. The SMILES string of the molecule is C[C@@]12C(=CC(=O)C3O[C@@H]31)CC[C@@H]1[C@@H]2C(=O)C[C@@]2(C)[C@H]1CCC21OCCO1. The second-order valence-corrected chi connectivity index (χ2v) is 9.67. The molecule has 0 N–H and O–H groups in total. The Morgan fingerprint density at radius 3 is 2.65 bits per heavy atom. The quantitative estimate of drug-likeness (QED) is 0.622. The Balaban J connectivity index is 1.43. The zero-order chi connectivity index (χ0) is 17.9. The fourth-order valence-electron chi connectivity index (χ4n) is 7.62. The smallest absolute Gasteiger partial charge is 0.187 e. The summed E-state index contributed by atoms with van der Waals surface area (Å²) in [4.78, 5) is 25.7. The summed E-state index contributed by atoms with van der Waals surface area (Å²) in [5, 5.41) is 0. The fourth-order valence-corrected chi connectivity index (χ4v) is 7.62. The molecule has 6 rings (SSSR count). The molecule has 6 aliphatic rings. The van der Waals surface area contributed by atoms with E-state index in [1.807, 2.05) is 0 Å².